The van der Waals surface area contributed by atoms with Crippen LogP contribution in [0.15, 0.2) is 24.3 Å². The van der Waals surface area contributed by atoms with Crippen LogP contribution < -0.4 is 15.0 Å². The SMILES string of the molecule is CC(C)(C)OC(=O)[C@@H]1C[C@]2(C=C(c3ccc4c(c3)OCO4)NO2)CN1C(=O)OC(C)(C)C. The van der Waals surface area contributed by atoms with Crippen molar-refractivity contribution in [2.24, 2.45) is 0 Å². The van der Waals surface area contributed by atoms with Crippen molar-refractivity contribution in [2.75, 3.05) is 13.3 Å². The van der Waals surface area contributed by atoms with Gasteiger partial charge in [-0.3, -0.25) is 15.2 Å². The molecule has 0 bridgehead atoms. The summed E-state index contributed by atoms with van der Waals surface area (Å²) in [7, 11) is 0. The lowest BCUT2D eigenvalue weighted by molar-refractivity contribution is -0.160. The Balaban J connectivity index is 1.60. The minimum absolute atomic E-state index is 0.146. The highest BCUT2D eigenvalue weighted by molar-refractivity contribution is 5.83. The second-order valence-electron chi connectivity index (χ2n) is 10.3. The topological polar surface area (TPSA) is 95.6 Å². The summed E-state index contributed by atoms with van der Waals surface area (Å²) in [5, 5.41) is 0. The maximum absolute atomic E-state index is 13.0. The standard InChI is InChI=1S/C23H30N2O7/c1-21(2,3)30-19(26)16-11-23(12-25(16)20(27)31-22(4,5)6)10-15(24-32-23)14-7-8-17-18(9-14)29-13-28-17/h7-10,16,24H,11-13H2,1-6H3/t16-,23+/m0/s1. The number of carbonyl (C=O) groups is 2. The Morgan fingerprint density at radius 1 is 1.06 bits per heavy atom. The number of carbonyl (C=O) groups excluding carboxylic acids is 2. The van der Waals surface area contributed by atoms with Crippen LogP contribution in [-0.2, 0) is 19.1 Å². The Morgan fingerprint density at radius 3 is 2.44 bits per heavy atom. The fourth-order valence-electron chi connectivity index (χ4n) is 3.86. The van der Waals surface area contributed by atoms with Gasteiger partial charge < -0.3 is 18.9 Å². The first kappa shape index (κ1) is 22.3. The number of benzene rings is 1. The zero-order valence-electron chi connectivity index (χ0n) is 19.3. The quantitative estimate of drug-likeness (QED) is 0.691. The third-order valence-electron chi connectivity index (χ3n) is 5.12. The molecular weight excluding hydrogens is 416 g/mol. The molecular formula is C23H30N2O7. The van der Waals surface area contributed by atoms with E-state index in [2.05, 4.69) is 5.48 Å². The number of esters is 1. The van der Waals surface area contributed by atoms with Gasteiger partial charge in [-0.15, -0.1) is 0 Å². The Hall–Kier alpha value is -2.94. The van der Waals surface area contributed by atoms with Gasteiger partial charge in [0.2, 0.25) is 6.79 Å². The molecule has 0 radical (unpaired) electrons. The third kappa shape index (κ3) is 4.62. The number of ether oxygens (including phenoxy) is 4. The van der Waals surface area contributed by atoms with Crippen LogP contribution in [0.1, 0.15) is 53.5 Å². The molecule has 4 rings (SSSR count). The highest BCUT2D eigenvalue weighted by Crippen LogP contribution is 2.40. The van der Waals surface area contributed by atoms with Gasteiger partial charge in [0.1, 0.15) is 22.8 Å². The van der Waals surface area contributed by atoms with Crippen molar-refractivity contribution in [3.05, 3.63) is 29.8 Å². The van der Waals surface area contributed by atoms with Gasteiger partial charge in [0.25, 0.3) is 0 Å². The minimum Gasteiger partial charge on any atom is -0.458 e. The summed E-state index contributed by atoms with van der Waals surface area (Å²) >= 11 is 0. The Labute approximate surface area is 187 Å². The van der Waals surface area contributed by atoms with E-state index in [1.54, 1.807) is 41.5 Å². The number of hydroxylamine groups is 1. The van der Waals surface area contributed by atoms with Crippen LogP contribution in [0.3, 0.4) is 0 Å². The van der Waals surface area contributed by atoms with Gasteiger partial charge >= 0.3 is 12.1 Å². The summed E-state index contributed by atoms with van der Waals surface area (Å²) in [6.45, 7) is 11.1. The van der Waals surface area contributed by atoms with E-state index in [1.807, 2.05) is 24.3 Å². The first-order valence-corrected chi connectivity index (χ1v) is 10.6. The molecule has 0 saturated carbocycles. The Bertz CT molecular complexity index is 922. The monoisotopic (exact) mass is 446 g/mol. The van der Waals surface area contributed by atoms with Crippen LogP contribution in [0, 0.1) is 0 Å². The van der Waals surface area contributed by atoms with E-state index < -0.39 is 34.9 Å². The van der Waals surface area contributed by atoms with Crippen molar-refractivity contribution < 1.29 is 33.4 Å². The van der Waals surface area contributed by atoms with E-state index in [1.165, 1.54) is 4.90 Å². The third-order valence-corrected chi connectivity index (χ3v) is 5.12. The molecule has 1 fully saturated rings. The van der Waals surface area contributed by atoms with Crippen molar-refractivity contribution in [3.63, 3.8) is 0 Å². The molecule has 1 saturated heterocycles. The zero-order chi connectivity index (χ0) is 23.3. The molecule has 3 aliphatic heterocycles. The van der Waals surface area contributed by atoms with Crippen LogP contribution in [0.2, 0.25) is 0 Å². The second kappa shape index (κ2) is 7.58. The highest BCUT2D eigenvalue weighted by Gasteiger charge is 2.53. The van der Waals surface area contributed by atoms with Crippen LogP contribution in [-0.4, -0.2) is 53.1 Å². The van der Waals surface area contributed by atoms with Crippen LogP contribution in [0.4, 0.5) is 4.79 Å². The molecule has 32 heavy (non-hydrogen) atoms. The average molecular weight is 447 g/mol. The van der Waals surface area contributed by atoms with Gasteiger partial charge in [0, 0.05) is 12.0 Å². The molecule has 1 spiro atoms. The molecule has 1 N–H and O–H groups in total. The number of hydrogen-bond donors (Lipinski definition) is 1. The number of amides is 1. The van der Waals surface area contributed by atoms with Crippen LogP contribution >= 0.6 is 0 Å². The Morgan fingerprint density at radius 2 is 1.75 bits per heavy atom. The maximum Gasteiger partial charge on any atom is 0.411 e. The summed E-state index contributed by atoms with van der Waals surface area (Å²) in [4.78, 5) is 33.2. The van der Waals surface area contributed by atoms with Crippen molar-refractivity contribution in [1.82, 2.24) is 10.4 Å². The van der Waals surface area contributed by atoms with Gasteiger partial charge in [-0.05, 0) is 65.8 Å². The molecule has 0 aromatic heterocycles. The van der Waals surface area contributed by atoms with Crippen molar-refractivity contribution in [2.45, 2.75) is 70.8 Å². The summed E-state index contributed by atoms with van der Waals surface area (Å²) in [6, 6.07) is 4.74. The first-order chi connectivity index (χ1) is 14.8. The molecule has 1 amide bonds. The normalized spacial score (nSPS) is 24.4. The molecule has 3 heterocycles. The summed E-state index contributed by atoms with van der Waals surface area (Å²) in [5.74, 6) is 0.846. The van der Waals surface area contributed by atoms with Crippen molar-refractivity contribution in [1.29, 1.82) is 0 Å². The van der Waals surface area contributed by atoms with Crippen LogP contribution in [0.5, 0.6) is 11.5 Å². The van der Waals surface area contributed by atoms with E-state index in [4.69, 9.17) is 23.8 Å². The zero-order valence-corrected chi connectivity index (χ0v) is 19.3. The molecule has 9 heteroatoms. The molecule has 174 valence electrons. The van der Waals surface area contributed by atoms with E-state index in [-0.39, 0.29) is 19.8 Å². The summed E-state index contributed by atoms with van der Waals surface area (Å²) in [5.41, 5.74) is 2.22. The predicted octanol–water partition coefficient (Wildman–Crippen LogP) is 3.38. The number of nitrogens with one attached hydrogen (secondary N) is 1. The molecule has 0 unspecified atom stereocenters. The number of fused-ring (bicyclic) bond motifs is 1. The fraction of sp³-hybridized carbons (Fsp3) is 0.565. The number of nitrogens with zero attached hydrogens (tertiary/aromatic N) is 1. The van der Waals surface area contributed by atoms with E-state index in [9.17, 15) is 9.59 Å². The maximum atomic E-state index is 13.0. The molecule has 3 aliphatic rings. The van der Waals surface area contributed by atoms with Gasteiger partial charge in [-0.25, -0.2) is 9.59 Å². The second-order valence-corrected chi connectivity index (χ2v) is 10.3. The molecule has 1 aromatic rings. The van der Waals surface area contributed by atoms with Crippen molar-refractivity contribution >= 4 is 17.8 Å². The number of likely N-dealkylation sites (tertiary alicyclic amines) is 1. The summed E-state index contributed by atoms with van der Waals surface area (Å²) in [6.07, 6.45) is 1.55. The van der Waals surface area contributed by atoms with Gasteiger partial charge in [-0.2, -0.15) is 0 Å². The molecule has 2 atom stereocenters. The van der Waals surface area contributed by atoms with Gasteiger partial charge in [-0.1, -0.05) is 0 Å². The lowest BCUT2D eigenvalue weighted by atomic mass is 9.98. The van der Waals surface area contributed by atoms with Gasteiger partial charge in [0.05, 0.1) is 12.2 Å². The largest absolute Gasteiger partial charge is 0.458 e. The van der Waals surface area contributed by atoms with E-state index in [0.717, 1.165) is 11.3 Å². The van der Waals surface area contributed by atoms with E-state index >= 15 is 0 Å². The van der Waals surface area contributed by atoms with Gasteiger partial charge in [0.15, 0.2) is 11.5 Å². The average Bonchev–Trinajstić information content (AvgIpc) is 3.37. The fourth-order valence-corrected chi connectivity index (χ4v) is 3.86. The number of rotatable bonds is 2. The number of hydrogen-bond acceptors (Lipinski definition) is 8. The van der Waals surface area contributed by atoms with Crippen molar-refractivity contribution in [3.8, 4) is 11.5 Å². The molecule has 1 aromatic carbocycles. The van der Waals surface area contributed by atoms with Crippen LogP contribution in [0.25, 0.3) is 5.70 Å². The van der Waals surface area contributed by atoms with E-state index in [0.29, 0.717) is 11.5 Å². The smallest absolute Gasteiger partial charge is 0.411 e. The lowest BCUT2D eigenvalue weighted by Gasteiger charge is -2.29. The lowest BCUT2D eigenvalue weighted by Crippen LogP contribution is -2.46. The first-order valence-electron chi connectivity index (χ1n) is 10.6. The molecule has 9 nitrogen and oxygen atoms in total. The minimum atomic E-state index is -0.899. The predicted molar refractivity (Wildman–Crippen MR) is 115 cm³/mol. The Kier molecular flexibility index (Phi) is 5.27. The molecule has 0 aliphatic carbocycles. The summed E-state index contributed by atoms with van der Waals surface area (Å²) < 4.78 is 22.0. The highest BCUT2D eigenvalue weighted by atomic mass is 16.7.